The Morgan fingerprint density at radius 3 is 1.33 bits per heavy atom. The van der Waals surface area contributed by atoms with Crippen LogP contribution in [0.3, 0.4) is 0 Å². The highest BCUT2D eigenvalue weighted by molar-refractivity contribution is 5.88. The van der Waals surface area contributed by atoms with Gasteiger partial charge in [0.15, 0.2) is 5.60 Å². The molecule has 15 heavy (non-hydrogen) atoms. The van der Waals surface area contributed by atoms with Gasteiger partial charge in [0.25, 0.3) is 0 Å². The second-order valence-electron chi connectivity index (χ2n) is 2.48. The van der Waals surface area contributed by atoms with Crippen LogP contribution in [0.15, 0.2) is 0 Å². The molecule has 0 saturated heterocycles. The van der Waals surface area contributed by atoms with Crippen molar-refractivity contribution in [2.45, 2.75) is 18.4 Å². The average Bonchev–Trinajstić information content (AvgIpc) is 2.04. The van der Waals surface area contributed by atoms with E-state index in [1.54, 1.807) is 10.1 Å². The van der Waals surface area contributed by atoms with Crippen LogP contribution in [0.25, 0.3) is 0 Å². The van der Waals surface area contributed by atoms with Gasteiger partial charge < -0.3 is 24.9 Å². The number of hydrogen-bond acceptors (Lipinski definition) is 5. The number of aliphatic carboxylic acids is 3. The van der Waals surface area contributed by atoms with E-state index >= 15 is 0 Å². The number of carboxylic acid groups (broad SMARTS) is 3. The number of carbonyl (C=O) groups is 3. The van der Waals surface area contributed by atoms with E-state index in [0.717, 1.165) is 0 Å². The fourth-order valence-electron chi connectivity index (χ4n) is 0.714. The highest BCUT2D eigenvalue weighted by Gasteiger charge is 2.40. The number of rotatable bonds is 5. The summed E-state index contributed by atoms with van der Waals surface area (Å²) in [5, 5.41) is 33.8. The molecule has 0 aromatic carbocycles. The van der Waals surface area contributed by atoms with E-state index in [9.17, 15) is 14.4 Å². The normalized spacial score (nSPS) is 9.67. The summed E-state index contributed by atoms with van der Waals surface area (Å²) in [7, 11) is 1.72. The number of aliphatic hydroxyl groups is 1. The van der Waals surface area contributed by atoms with Crippen molar-refractivity contribution in [2.75, 3.05) is 0 Å². The van der Waals surface area contributed by atoms with E-state index in [1.165, 1.54) is 0 Å². The van der Waals surface area contributed by atoms with Gasteiger partial charge in [0.05, 0.1) is 12.8 Å². The van der Waals surface area contributed by atoms with Crippen molar-refractivity contribution in [3.05, 3.63) is 0 Å². The lowest BCUT2D eigenvalue weighted by molar-refractivity contribution is -0.170. The van der Waals surface area contributed by atoms with Crippen molar-refractivity contribution < 1.29 is 39.3 Å². The summed E-state index contributed by atoms with van der Waals surface area (Å²) < 4.78 is 8.06. The molecule has 0 bridgehead atoms. The molecular formula is C6H8O8Si. The maximum Gasteiger partial charge on any atom is 0.381 e. The molecule has 0 atom stereocenters. The molecule has 84 valence electrons. The lowest BCUT2D eigenvalue weighted by atomic mass is 9.96. The fourth-order valence-corrected chi connectivity index (χ4v) is 0.714. The number of hydrogen-bond donors (Lipinski definition) is 4. The van der Waals surface area contributed by atoms with Crippen LogP contribution >= 0.6 is 0 Å². The Balaban J connectivity index is 0. The topological polar surface area (TPSA) is 149 Å². The van der Waals surface area contributed by atoms with Gasteiger partial charge in [-0.2, -0.15) is 0 Å². The van der Waals surface area contributed by atoms with Gasteiger partial charge in [-0.3, -0.25) is 9.59 Å². The summed E-state index contributed by atoms with van der Waals surface area (Å²) in [5.41, 5.74) is -2.74. The Morgan fingerprint density at radius 1 is 0.933 bits per heavy atom. The average molecular weight is 236 g/mol. The van der Waals surface area contributed by atoms with Crippen LogP contribution in [-0.4, -0.2) is 54.1 Å². The summed E-state index contributed by atoms with van der Waals surface area (Å²) in [6.07, 6.45) is -2.29. The molecule has 0 fully saturated rings. The van der Waals surface area contributed by atoms with Crippen molar-refractivity contribution in [2.24, 2.45) is 0 Å². The van der Waals surface area contributed by atoms with Crippen LogP contribution in [0.2, 0.25) is 0 Å². The molecule has 2 radical (unpaired) electrons. The van der Waals surface area contributed by atoms with Crippen molar-refractivity contribution in [1.29, 1.82) is 0 Å². The molecular weight excluding hydrogens is 228 g/mol. The maximum atomic E-state index is 10.3. The van der Waals surface area contributed by atoms with Crippen LogP contribution in [0.1, 0.15) is 12.8 Å². The predicted molar refractivity (Wildman–Crippen MR) is 43.5 cm³/mol. The molecule has 0 saturated carbocycles. The quantitative estimate of drug-likeness (QED) is 0.410. The SMILES string of the molecule is O=C(O)CC(O)(CC(=O)O)C(=O)O.O=[Si]. The first kappa shape index (κ1) is 15.8. The van der Waals surface area contributed by atoms with Gasteiger partial charge in [-0.15, -0.1) is 0 Å². The Morgan fingerprint density at radius 2 is 1.20 bits per heavy atom. The largest absolute Gasteiger partial charge is 0.481 e. The Labute approximate surface area is 86.6 Å². The van der Waals surface area contributed by atoms with Gasteiger partial charge in [0.2, 0.25) is 0 Å². The lowest BCUT2D eigenvalue weighted by Gasteiger charge is -2.18. The first-order valence-corrected chi connectivity index (χ1v) is 3.78. The molecule has 0 unspecified atom stereocenters. The van der Waals surface area contributed by atoms with E-state index in [2.05, 4.69) is 0 Å². The minimum atomic E-state index is -2.74. The van der Waals surface area contributed by atoms with Gasteiger partial charge in [0, 0.05) is 0 Å². The summed E-state index contributed by atoms with van der Waals surface area (Å²) in [6.45, 7) is 0. The summed E-state index contributed by atoms with van der Waals surface area (Å²) in [5.74, 6) is -5.02. The van der Waals surface area contributed by atoms with Crippen LogP contribution in [0.4, 0.5) is 0 Å². The zero-order valence-electron chi connectivity index (χ0n) is 7.34. The third-order valence-corrected chi connectivity index (χ3v) is 1.29. The van der Waals surface area contributed by atoms with Crippen molar-refractivity contribution in [1.82, 2.24) is 0 Å². The van der Waals surface area contributed by atoms with E-state index in [1.807, 2.05) is 0 Å². The van der Waals surface area contributed by atoms with Crippen LogP contribution in [-0.2, 0) is 18.8 Å². The standard InChI is InChI=1S/C6H8O7.OSi/c7-3(8)1-6(13,5(11)12)2-4(9)10;1-2/h13H,1-2H2,(H,7,8)(H,9,10)(H,11,12);. The molecule has 0 amide bonds. The molecule has 9 heteroatoms. The lowest BCUT2D eigenvalue weighted by Crippen LogP contribution is -2.42. The molecule has 0 heterocycles. The summed E-state index contributed by atoms with van der Waals surface area (Å²) in [6, 6.07) is 0. The Hall–Kier alpha value is -1.61. The first-order valence-electron chi connectivity index (χ1n) is 3.38. The summed E-state index contributed by atoms with van der Waals surface area (Å²) in [4.78, 5) is 30.5. The van der Waals surface area contributed by atoms with Crippen LogP contribution in [0, 0.1) is 0 Å². The molecule has 0 aromatic heterocycles. The fraction of sp³-hybridized carbons (Fsp3) is 0.500. The molecule has 8 nitrogen and oxygen atoms in total. The smallest absolute Gasteiger partial charge is 0.381 e. The maximum absolute atomic E-state index is 10.3. The highest BCUT2D eigenvalue weighted by Crippen LogP contribution is 2.15. The molecule has 0 aliphatic carbocycles. The van der Waals surface area contributed by atoms with Gasteiger partial charge in [0.1, 0.15) is 0 Å². The summed E-state index contributed by atoms with van der Waals surface area (Å²) >= 11 is 0. The molecule has 0 aliphatic rings. The number of carboxylic acids is 3. The van der Waals surface area contributed by atoms with Crippen LogP contribution in [0.5, 0.6) is 0 Å². The highest BCUT2D eigenvalue weighted by atomic mass is 28.1. The monoisotopic (exact) mass is 236 g/mol. The zero-order chi connectivity index (χ0) is 12.6. The second-order valence-corrected chi connectivity index (χ2v) is 2.48. The van der Waals surface area contributed by atoms with Gasteiger partial charge in [-0.25, -0.2) is 4.79 Å². The Bertz CT molecular complexity index is 246. The van der Waals surface area contributed by atoms with E-state index in [4.69, 9.17) is 24.9 Å². The molecule has 0 rings (SSSR count). The molecule has 0 aromatic rings. The third kappa shape index (κ3) is 6.46. The second kappa shape index (κ2) is 6.78. The van der Waals surface area contributed by atoms with Gasteiger partial charge >= 0.3 is 28.0 Å². The van der Waals surface area contributed by atoms with Gasteiger partial charge in [-0.05, 0) is 0 Å². The van der Waals surface area contributed by atoms with Crippen molar-refractivity contribution in [3.8, 4) is 0 Å². The van der Waals surface area contributed by atoms with Crippen LogP contribution < -0.4 is 0 Å². The minimum absolute atomic E-state index is 1.14. The third-order valence-electron chi connectivity index (χ3n) is 1.29. The molecule has 0 spiro atoms. The Kier molecular flexibility index (Phi) is 7.16. The van der Waals surface area contributed by atoms with Gasteiger partial charge in [-0.1, -0.05) is 0 Å². The van der Waals surface area contributed by atoms with E-state index < -0.39 is 36.4 Å². The molecule has 0 aliphatic heterocycles. The zero-order valence-corrected chi connectivity index (χ0v) is 8.34. The van der Waals surface area contributed by atoms with Crippen molar-refractivity contribution in [3.63, 3.8) is 0 Å². The predicted octanol–water partition coefficient (Wildman–Crippen LogP) is -1.75. The van der Waals surface area contributed by atoms with E-state index in [0.29, 0.717) is 0 Å². The first-order chi connectivity index (χ1) is 6.78. The minimum Gasteiger partial charge on any atom is -0.481 e. The molecule has 4 N–H and O–H groups in total. The van der Waals surface area contributed by atoms with E-state index in [-0.39, 0.29) is 0 Å². The van der Waals surface area contributed by atoms with Crippen molar-refractivity contribution >= 4 is 28.0 Å².